The molecule has 0 bridgehead atoms. The van der Waals surface area contributed by atoms with E-state index in [1.54, 1.807) is 42.6 Å². The number of nitrogens with zero attached hydrogens (tertiary/aromatic N) is 6. The van der Waals surface area contributed by atoms with Crippen LogP contribution in [-0.4, -0.2) is 35.9 Å². The van der Waals surface area contributed by atoms with E-state index in [1.807, 2.05) is 6.07 Å². The molecule has 0 fully saturated rings. The van der Waals surface area contributed by atoms with E-state index in [9.17, 15) is 9.18 Å². The lowest BCUT2D eigenvalue weighted by atomic mass is 10.2. The number of anilines is 1. The largest absolute Gasteiger partial charge is 0.321 e. The van der Waals surface area contributed by atoms with E-state index in [0.29, 0.717) is 17.1 Å². The third-order valence-electron chi connectivity index (χ3n) is 3.63. The SMILES string of the molecule is O=C(Nc1cccc(-n2cnnn2)c1)c1ccn(-c2ccc(F)cc2)n1. The summed E-state index contributed by atoms with van der Waals surface area (Å²) in [6, 6.07) is 14.5. The first-order valence-electron chi connectivity index (χ1n) is 7.65. The Morgan fingerprint density at radius 3 is 2.62 bits per heavy atom. The van der Waals surface area contributed by atoms with Crippen LogP contribution in [0.5, 0.6) is 0 Å². The van der Waals surface area contributed by atoms with E-state index in [2.05, 4.69) is 25.9 Å². The minimum atomic E-state index is -0.361. The lowest BCUT2D eigenvalue weighted by Crippen LogP contribution is -2.13. The molecule has 1 amide bonds. The molecule has 0 saturated heterocycles. The number of aromatic nitrogens is 6. The quantitative estimate of drug-likeness (QED) is 0.610. The second-order valence-corrected chi connectivity index (χ2v) is 5.38. The van der Waals surface area contributed by atoms with Crippen molar-refractivity contribution in [1.82, 2.24) is 30.0 Å². The standard InChI is InChI=1S/C17H12FN7O/c18-12-4-6-14(7-5-12)24-9-8-16(21-24)17(26)20-13-2-1-3-15(10-13)25-11-19-22-23-25/h1-11H,(H,20,26). The molecule has 2 heterocycles. The summed E-state index contributed by atoms with van der Waals surface area (Å²) in [7, 11) is 0. The number of rotatable bonds is 4. The van der Waals surface area contributed by atoms with Gasteiger partial charge in [0.15, 0.2) is 5.69 Å². The topological polar surface area (TPSA) is 90.5 Å². The molecule has 8 nitrogen and oxygen atoms in total. The van der Waals surface area contributed by atoms with Gasteiger partial charge in [-0.2, -0.15) is 5.10 Å². The Morgan fingerprint density at radius 2 is 1.85 bits per heavy atom. The van der Waals surface area contributed by atoms with Gasteiger partial charge in [-0.15, -0.1) is 5.10 Å². The fourth-order valence-electron chi connectivity index (χ4n) is 2.38. The van der Waals surface area contributed by atoms with Gasteiger partial charge in [-0.1, -0.05) is 6.07 Å². The zero-order valence-corrected chi connectivity index (χ0v) is 13.3. The van der Waals surface area contributed by atoms with Crippen LogP contribution in [0.4, 0.5) is 10.1 Å². The number of hydrogen-bond acceptors (Lipinski definition) is 5. The van der Waals surface area contributed by atoms with Crippen molar-refractivity contribution < 1.29 is 9.18 Å². The summed E-state index contributed by atoms with van der Waals surface area (Å²) in [6.07, 6.45) is 3.10. The van der Waals surface area contributed by atoms with Crippen LogP contribution in [-0.2, 0) is 0 Å². The van der Waals surface area contributed by atoms with Gasteiger partial charge < -0.3 is 5.32 Å². The Labute approximate surface area is 146 Å². The van der Waals surface area contributed by atoms with Crippen molar-refractivity contribution in [3.8, 4) is 11.4 Å². The Bertz CT molecular complexity index is 1040. The van der Waals surface area contributed by atoms with Crippen molar-refractivity contribution in [1.29, 1.82) is 0 Å². The van der Waals surface area contributed by atoms with E-state index in [4.69, 9.17) is 0 Å². The number of benzene rings is 2. The lowest BCUT2D eigenvalue weighted by Gasteiger charge is -2.06. The molecule has 128 valence electrons. The first kappa shape index (κ1) is 15.6. The number of amides is 1. The maximum atomic E-state index is 13.0. The number of tetrazole rings is 1. The third kappa shape index (κ3) is 3.18. The van der Waals surface area contributed by atoms with Crippen LogP contribution in [0.1, 0.15) is 10.5 Å². The zero-order valence-electron chi connectivity index (χ0n) is 13.3. The molecular weight excluding hydrogens is 337 g/mol. The molecule has 0 aliphatic heterocycles. The molecule has 0 unspecified atom stereocenters. The van der Waals surface area contributed by atoms with Crippen molar-refractivity contribution in [3.63, 3.8) is 0 Å². The van der Waals surface area contributed by atoms with Gasteiger partial charge in [0.2, 0.25) is 0 Å². The Morgan fingerprint density at radius 1 is 1.00 bits per heavy atom. The first-order valence-corrected chi connectivity index (χ1v) is 7.65. The molecule has 0 spiro atoms. The molecule has 2 aromatic carbocycles. The molecule has 26 heavy (non-hydrogen) atoms. The molecule has 0 saturated carbocycles. The predicted molar refractivity (Wildman–Crippen MR) is 90.6 cm³/mol. The van der Waals surface area contributed by atoms with E-state index < -0.39 is 0 Å². The molecule has 4 aromatic rings. The Hall–Kier alpha value is -3.88. The highest BCUT2D eigenvalue weighted by Crippen LogP contribution is 2.15. The molecule has 1 N–H and O–H groups in total. The second-order valence-electron chi connectivity index (χ2n) is 5.38. The fourth-order valence-corrected chi connectivity index (χ4v) is 2.38. The first-order chi connectivity index (χ1) is 12.7. The number of carbonyl (C=O) groups excluding carboxylic acids is 1. The van der Waals surface area contributed by atoms with Crippen LogP contribution >= 0.6 is 0 Å². The highest BCUT2D eigenvalue weighted by molar-refractivity contribution is 6.02. The van der Waals surface area contributed by atoms with E-state index in [1.165, 1.54) is 27.8 Å². The van der Waals surface area contributed by atoms with Gasteiger partial charge in [0.1, 0.15) is 12.1 Å². The van der Waals surface area contributed by atoms with Crippen molar-refractivity contribution >= 4 is 11.6 Å². The molecule has 9 heteroatoms. The molecular formula is C17H12FN7O. The minimum Gasteiger partial charge on any atom is -0.321 e. The molecule has 0 atom stereocenters. The third-order valence-corrected chi connectivity index (χ3v) is 3.63. The van der Waals surface area contributed by atoms with E-state index in [0.717, 1.165) is 0 Å². The zero-order chi connectivity index (χ0) is 17.9. The minimum absolute atomic E-state index is 0.238. The van der Waals surface area contributed by atoms with E-state index >= 15 is 0 Å². The predicted octanol–water partition coefficient (Wildman–Crippen LogP) is 2.24. The molecule has 2 aromatic heterocycles. The van der Waals surface area contributed by atoms with Gasteiger partial charge in [0.25, 0.3) is 5.91 Å². The van der Waals surface area contributed by atoms with Crippen LogP contribution in [0.25, 0.3) is 11.4 Å². The summed E-state index contributed by atoms with van der Waals surface area (Å²) in [5, 5.41) is 18.0. The molecule has 0 radical (unpaired) electrons. The average molecular weight is 349 g/mol. The smallest absolute Gasteiger partial charge is 0.276 e. The summed E-state index contributed by atoms with van der Waals surface area (Å²) in [6.45, 7) is 0. The van der Waals surface area contributed by atoms with Crippen molar-refractivity contribution in [2.75, 3.05) is 5.32 Å². The normalized spacial score (nSPS) is 10.7. The summed E-state index contributed by atoms with van der Waals surface area (Å²) in [4.78, 5) is 12.4. The van der Waals surface area contributed by atoms with Crippen LogP contribution < -0.4 is 5.32 Å². The highest BCUT2D eigenvalue weighted by Gasteiger charge is 2.11. The highest BCUT2D eigenvalue weighted by atomic mass is 19.1. The maximum absolute atomic E-state index is 13.0. The van der Waals surface area contributed by atoms with Crippen LogP contribution in [0.3, 0.4) is 0 Å². The van der Waals surface area contributed by atoms with E-state index in [-0.39, 0.29) is 17.4 Å². The Kier molecular flexibility index (Phi) is 3.94. The van der Waals surface area contributed by atoms with Crippen LogP contribution in [0, 0.1) is 5.82 Å². The molecule has 0 aliphatic rings. The summed E-state index contributed by atoms with van der Waals surface area (Å²) >= 11 is 0. The van der Waals surface area contributed by atoms with Crippen molar-refractivity contribution in [2.24, 2.45) is 0 Å². The van der Waals surface area contributed by atoms with Crippen LogP contribution in [0.2, 0.25) is 0 Å². The summed E-state index contributed by atoms with van der Waals surface area (Å²) < 4.78 is 16.0. The molecule has 4 rings (SSSR count). The monoisotopic (exact) mass is 349 g/mol. The van der Waals surface area contributed by atoms with Gasteiger partial charge in [-0.3, -0.25) is 4.79 Å². The number of hydrogen-bond donors (Lipinski definition) is 1. The van der Waals surface area contributed by atoms with Gasteiger partial charge in [0, 0.05) is 11.9 Å². The number of carbonyl (C=O) groups is 1. The number of nitrogens with one attached hydrogen (secondary N) is 1. The van der Waals surface area contributed by atoms with Gasteiger partial charge >= 0.3 is 0 Å². The fraction of sp³-hybridized carbons (Fsp3) is 0. The second kappa shape index (κ2) is 6.55. The summed E-state index contributed by atoms with van der Waals surface area (Å²) in [5.74, 6) is -0.693. The number of halogens is 1. The van der Waals surface area contributed by atoms with Crippen molar-refractivity contribution in [3.05, 3.63) is 78.6 Å². The summed E-state index contributed by atoms with van der Waals surface area (Å²) in [5.41, 5.74) is 2.19. The maximum Gasteiger partial charge on any atom is 0.276 e. The lowest BCUT2D eigenvalue weighted by molar-refractivity contribution is 0.102. The van der Waals surface area contributed by atoms with Gasteiger partial charge in [-0.05, 0) is 59.0 Å². The van der Waals surface area contributed by atoms with Gasteiger partial charge in [-0.25, -0.2) is 13.8 Å². The molecule has 0 aliphatic carbocycles. The van der Waals surface area contributed by atoms with Crippen LogP contribution in [0.15, 0.2) is 67.1 Å². The van der Waals surface area contributed by atoms with Gasteiger partial charge in [0.05, 0.1) is 11.4 Å². The Balaban J connectivity index is 1.52. The van der Waals surface area contributed by atoms with Crippen molar-refractivity contribution in [2.45, 2.75) is 0 Å². The average Bonchev–Trinajstić information content (AvgIpc) is 3.35.